The fourth-order valence-electron chi connectivity index (χ4n) is 1.07. The van der Waals surface area contributed by atoms with E-state index in [2.05, 4.69) is 28.6 Å². The first kappa shape index (κ1) is 18.2. The number of nitrogens with two attached hydrogens (primary N) is 1. The highest BCUT2D eigenvalue weighted by molar-refractivity contribution is 7.80. The molecule has 0 saturated carbocycles. The Hall–Kier alpha value is -1.81. The molecule has 0 rings (SSSR count). The average Bonchev–Trinajstić information content (AvgIpc) is 2.41. The first-order valence-electron chi connectivity index (χ1n) is 5.72. The van der Waals surface area contributed by atoms with Crippen LogP contribution in [0.1, 0.15) is 6.92 Å². The average molecular weight is 306 g/mol. The van der Waals surface area contributed by atoms with Crippen LogP contribution in [0, 0.1) is 0 Å². The van der Waals surface area contributed by atoms with Gasteiger partial charge in [0.05, 0.1) is 13.1 Å². The van der Waals surface area contributed by atoms with Gasteiger partial charge in [0, 0.05) is 5.75 Å². The summed E-state index contributed by atoms with van der Waals surface area (Å²) in [7, 11) is 0. The molecular formula is C10H18N4O5S. The van der Waals surface area contributed by atoms with E-state index in [-0.39, 0.29) is 18.8 Å². The lowest BCUT2D eigenvalue weighted by atomic mass is 10.2. The highest BCUT2D eigenvalue weighted by Crippen LogP contribution is 1.91. The minimum absolute atomic E-state index is 0.0191. The quantitative estimate of drug-likeness (QED) is 0.264. The summed E-state index contributed by atoms with van der Waals surface area (Å²) < 4.78 is 0. The Morgan fingerprint density at radius 1 is 1.20 bits per heavy atom. The van der Waals surface area contributed by atoms with Crippen LogP contribution in [0.2, 0.25) is 0 Å². The van der Waals surface area contributed by atoms with Crippen molar-refractivity contribution in [3.05, 3.63) is 0 Å². The molecule has 0 unspecified atom stereocenters. The maximum atomic E-state index is 11.7. The van der Waals surface area contributed by atoms with E-state index in [1.54, 1.807) is 0 Å². The molecule has 0 spiro atoms. The Morgan fingerprint density at radius 2 is 1.80 bits per heavy atom. The summed E-state index contributed by atoms with van der Waals surface area (Å²) in [6, 6.07) is -2.08. The monoisotopic (exact) mass is 306 g/mol. The Balaban J connectivity index is 4.32. The lowest BCUT2D eigenvalue weighted by molar-refractivity contribution is -0.141. The van der Waals surface area contributed by atoms with Gasteiger partial charge in [0.2, 0.25) is 17.7 Å². The Morgan fingerprint density at radius 3 is 2.25 bits per heavy atom. The summed E-state index contributed by atoms with van der Waals surface area (Å²) in [6.07, 6.45) is 0. The van der Waals surface area contributed by atoms with E-state index in [1.807, 2.05) is 0 Å². The molecule has 0 aromatic carbocycles. The van der Waals surface area contributed by atoms with Crippen molar-refractivity contribution in [2.75, 3.05) is 18.8 Å². The van der Waals surface area contributed by atoms with Crippen LogP contribution in [-0.2, 0) is 19.2 Å². The summed E-state index contributed by atoms with van der Waals surface area (Å²) in [5.74, 6) is -3.00. The van der Waals surface area contributed by atoms with Crippen LogP contribution in [0.25, 0.3) is 0 Å². The fourth-order valence-corrected chi connectivity index (χ4v) is 1.32. The molecule has 6 N–H and O–H groups in total. The molecule has 0 bridgehead atoms. The number of nitrogens with one attached hydrogen (secondary N) is 3. The number of aliphatic carboxylic acids is 1. The largest absolute Gasteiger partial charge is 0.480 e. The van der Waals surface area contributed by atoms with Gasteiger partial charge >= 0.3 is 5.97 Å². The van der Waals surface area contributed by atoms with Crippen LogP contribution in [-0.4, -0.2) is 59.7 Å². The highest BCUT2D eigenvalue weighted by atomic mass is 32.1. The Bertz CT molecular complexity index is 390. The second-order valence-electron chi connectivity index (χ2n) is 3.85. The number of hydrogen-bond donors (Lipinski definition) is 6. The molecule has 0 saturated heterocycles. The summed E-state index contributed by atoms with van der Waals surface area (Å²) in [5, 5.41) is 15.4. The molecular weight excluding hydrogens is 288 g/mol. The predicted molar refractivity (Wildman–Crippen MR) is 73.1 cm³/mol. The number of carbonyl (C=O) groups is 4. The standard InChI is InChI=1S/C10H18N4O5S/c1-5(10(18)19)13-9(17)6(4-20)14-8(16)3-12-7(15)2-11/h5-6,20H,2-4,11H2,1H3,(H,12,15)(H,13,17)(H,14,16)(H,18,19)/t5-,6-/m0/s1. The lowest BCUT2D eigenvalue weighted by Crippen LogP contribution is -2.53. The summed E-state index contributed by atoms with van der Waals surface area (Å²) in [4.78, 5) is 44.6. The van der Waals surface area contributed by atoms with Crippen LogP contribution in [0.5, 0.6) is 0 Å². The van der Waals surface area contributed by atoms with Crippen molar-refractivity contribution < 1.29 is 24.3 Å². The smallest absolute Gasteiger partial charge is 0.325 e. The van der Waals surface area contributed by atoms with Crippen LogP contribution in [0.4, 0.5) is 0 Å². The molecule has 2 atom stereocenters. The molecule has 0 fully saturated rings. The molecule has 114 valence electrons. The lowest BCUT2D eigenvalue weighted by Gasteiger charge is -2.18. The maximum Gasteiger partial charge on any atom is 0.325 e. The third kappa shape index (κ3) is 6.95. The molecule has 9 nitrogen and oxygen atoms in total. The van der Waals surface area contributed by atoms with Gasteiger partial charge in [0.25, 0.3) is 0 Å². The second-order valence-corrected chi connectivity index (χ2v) is 4.22. The van der Waals surface area contributed by atoms with Gasteiger partial charge in [-0.3, -0.25) is 19.2 Å². The van der Waals surface area contributed by atoms with E-state index in [0.717, 1.165) is 0 Å². The van der Waals surface area contributed by atoms with E-state index in [4.69, 9.17) is 10.8 Å². The zero-order valence-electron chi connectivity index (χ0n) is 10.9. The normalized spacial score (nSPS) is 12.9. The molecule has 20 heavy (non-hydrogen) atoms. The molecule has 0 aliphatic carbocycles. The summed E-state index contributed by atoms with van der Waals surface area (Å²) in [6.45, 7) is 0.709. The number of carboxylic acids is 1. The van der Waals surface area contributed by atoms with Crippen molar-refractivity contribution in [1.29, 1.82) is 0 Å². The molecule has 3 amide bonds. The van der Waals surface area contributed by atoms with Gasteiger partial charge in [0.15, 0.2) is 0 Å². The van der Waals surface area contributed by atoms with Crippen LogP contribution in [0.3, 0.4) is 0 Å². The fraction of sp³-hybridized carbons (Fsp3) is 0.600. The number of carboxylic acid groups (broad SMARTS) is 1. The van der Waals surface area contributed by atoms with Gasteiger partial charge in [-0.05, 0) is 6.92 Å². The van der Waals surface area contributed by atoms with Gasteiger partial charge in [-0.2, -0.15) is 12.6 Å². The van der Waals surface area contributed by atoms with E-state index < -0.39 is 35.8 Å². The third-order valence-electron chi connectivity index (χ3n) is 2.19. The van der Waals surface area contributed by atoms with Crippen LogP contribution < -0.4 is 21.7 Å². The second kappa shape index (κ2) is 9.15. The van der Waals surface area contributed by atoms with Gasteiger partial charge in [0.1, 0.15) is 12.1 Å². The van der Waals surface area contributed by atoms with Gasteiger partial charge in [-0.25, -0.2) is 0 Å². The Kier molecular flexibility index (Phi) is 8.32. The first-order valence-corrected chi connectivity index (χ1v) is 6.35. The molecule has 0 aliphatic rings. The van der Waals surface area contributed by atoms with Crippen molar-refractivity contribution in [3.63, 3.8) is 0 Å². The molecule has 0 heterocycles. The highest BCUT2D eigenvalue weighted by Gasteiger charge is 2.22. The molecule has 10 heteroatoms. The number of amides is 3. The SMILES string of the molecule is C[C@H](NC(=O)[C@H](CS)NC(=O)CNC(=O)CN)C(=O)O. The van der Waals surface area contributed by atoms with Crippen molar-refractivity contribution in [2.45, 2.75) is 19.0 Å². The van der Waals surface area contributed by atoms with E-state index >= 15 is 0 Å². The summed E-state index contributed by atoms with van der Waals surface area (Å²) in [5.41, 5.74) is 5.04. The number of rotatable bonds is 8. The molecule has 0 aromatic heterocycles. The van der Waals surface area contributed by atoms with Gasteiger partial charge in [-0.15, -0.1) is 0 Å². The van der Waals surface area contributed by atoms with Gasteiger partial charge in [-0.1, -0.05) is 0 Å². The predicted octanol–water partition coefficient (Wildman–Crippen LogP) is -2.93. The summed E-state index contributed by atoms with van der Waals surface area (Å²) >= 11 is 3.90. The van der Waals surface area contributed by atoms with Crippen LogP contribution in [0.15, 0.2) is 0 Å². The number of carbonyl (C=O) groups excluding carboxylic acids is 3. The van der Waals surface area contributed by atoms with Crippen molar-refractivity contribution >= 4 is 36.3 Å². The van der Waals surface area contributed by atoms with E-state index in [1.165, 1.54) is 6.92 Å². The number of hydrogen-bond acceptors (Lipinski definition) is 6. The molecule has 0 radical (unpaired) electrons. The zero-order valence-corrected chi connectivity index (χ0v) is 11.8. The number of thiol groups is 1. The van der Waals surface area contributed by atoms with Crippen molar-refractivity contribution in [2.24, 2.45) is 5.73 Å². The Labute approximate surface area is 121 Å². The van der Waals surface area contributed by atoms with Gasteiger partial charge < -0.3 is 26.8 Å². The maximum absolute atomic E-state index is 11.7. The molecule has 0 aromatic rings. The minimum atomic E-state index is -1.20. The zero-order chi connectivity index (χ0) is 15.7. The van der Waals surface area contributed by atoms with Crippen molar-refractivity contribution in [3.8, 4) is 0 Å². The molecule has 0 aliphatic heterocycles. The van der Waals surface area contributed by atoms with E-state index in [0.29, 0.717) is 0 Å². The van der Waals surface area contributed by atoms with E-state index in [9.17, 15) is 19.2 Å². The third-order valence-corrected chi connectivity index (χ3v) is 2.56. The first-order chi connectivity index (χ1) is 9.31. The topological polar surface area (TPSA) is 151 Å². The van der Waals surface area contributed by atoms with Crippen molar-refractivity contribution in [1.82, 2.24) is 16.0 Å². The van der Waals surface area contributed by atoms with Crippen LogP contribution >= 0.6 is 12.6 Å². The minimum Gasteiger partial charge on any atom is -0.480 e.